The number of esters is 1. The van der Waals surface area contributed by atoms with Crippen molar-refractivity contribution < 1.29 is 13.9 Å². The van der Waals surface area contributed by atoms with Gasteiger partial charge in [0.05, 0.1) is 7.11 Å². The minimum atomic E-state index is -0.786. The first-order valence-electron chi connectivity index (χ1n) is 6.91. The number of halogens is 1. The molecule has 0 aliphatic heterocycles. The molecule has 2 unspecified atom stereocenters. The molecule has 4 heteroatoms. The van der Waals surface area contributed by atoms with Crippen LogP contribution in [0.2, 0.25) is 0 Å². The number of hydrogen-bond donors (Lipinski definition) is 1. The topological polar surface area (TPSA) is 38.3 Å². The number of carbonyl (C=O) groups excluding carboxylic acids is 1. The molecule has 0 aromatic heterocycles. The average Bonchev–Trinajstić information content (AvgIpc) is 2.58. The van der Waals surface area contributed by atoms with E-state index in [0.29, 0.717) is 12.1 Å². The van der Waals surface area contributed by atoms with Gasteiger partial charge in [0.25, 0.3) is 0 Å². The SMILES string of the molecule is COC(=O)C1(Nc2cccc(F)c2)CC(C)(C)CC1C. The number of carbonyl (C=O) groups is 1. The van der Waals surface area contributed by atoms with E-state index in [2.05, 4.69) is 19.2 Å². The second-order valence-electron chi connectivity index (χ2n) is 6.54. The molecule has 1 aromatic rings. The van der Waals surface area contributed by atoms with Crippen molar-refractivity contribution in [1.29, 1.82) is 0 Å². The molecule has 1 N–H and O–H groups in total. The van der Waals surface area contributed by atoms with Crippen molar-refractivity contribution in [3.05, 3.63) is 30.1 Å². The Morgan fingerprint density at radius 1 is 1.45 bits per heavy atom. The molecule has 1 saturated carbocycles. The van der Waals surface area contributed by atoms with E-state index >= 15 is 0 Å². The molecular weight excluding hydrogens is 257 g/mol. The van der Waals surface area contributed by atoms with Gasteiger partial charge in [0, 0.05) is 5.69 Å². The number of nitrogens with one attached hydrogen (secondary N) is 1. The van der Waals surface area contributed by atoms with Crippen LogP contribution < -0.4 is 5.32 Å². The summed E-state index contributed by atoms with van der Waals surface area (Å²) in [6.45, 7) is 6.32. The average molecular weight is 279 g/mol. The number of benzene rings is 1. The number of hydrogen-bond acceptors (Lipinski definition) is 3. The van der Waals surface area contributed by atoms with E-state index in [0.717, 1.165) is 6.42 Å². The molecule has 1 aromatic carbocycles. The van der Waals surface area contributed by atoms with Gasteiger partial charge in [-0.05, 0) is 42.4 Å². The lowest BCUT2D eigenvalue weighted by molar-refractivity contribution is -0.147. The van der Waals surface area contributed by atoms with Gasteiger partial charge in [0.2, 0.25) is 0 Å². The standard InChI is InChI=1S/C16H22FNO2/c1-11-9-15(2,3)10-16(11,14(19)20-4)18-13-7-5-6-12(17)8-13/h5-8,11,18H,9-10H2,1-4H3. The van der Waals surface area contributed by atoms with Crippen LogP contribution in [-0.4, -0.2) is 18.6 Å². The molecule has 0 radical (unpaired) electrons. The smallest absolute Gasteiger partial charge is 0.331 e. The minimum absolute atomic E-state index is 0.0495. The van der Waals surface area contributed by atoms with Crippen LogP contribution in [-0.2, 0) is 9.53 Å². The Labute approximate surface area is 119 Å². The van der Waals surface area contributed by atoms with Crippen molar-refractivity contribution in [3.63, 3.8) is 0 Å². The molecule has 2 atom stereocenters. The first-order valence-corrected chi connectivity index (χ1v) is 6.91. The molecule has 1 fully saturated rings. The molecule has 3 nitrogen and oxygen atoms in total. The summed E-state index contributed by atoms with van der Waals surface area (Å²) < 4.78 is 18.4. The normalized spacial score (nSPS) is 28.1. The van der Waals surface area contributed by atoms with Crippen molar-refractivity contribution in [2.75, 3.05) is 12.4 Å². The Morgan fingerprint density at radius 3 is 2.65 bits per heavy atom. The van der Waals surface area contributed by atoms with Gasteiger partial charge in [-0.15, -0.1) is 0 Å². The monoisotopic (exact) mass is 279 g/mol. The van der Waals surface area contributed by atoms with Crippen LogP contribution in [0.1, 0.15) is 33.6 Å². The predicted octanol–water partition coefficient (Wildman–Crippen LogP) is 3.61. The van der Waals surface area contributed by atoms with E-state index in [1.807, 2.05) is 6.92 Å². The fourth-order valence-corrected chi connectivity index (χ4v) is 3.50. The lowest BCUT2D eigenvalue weighted by Gasteiger charge is -2.33. The molecule has 110 valence electrons. The molecule has 1 aliphatic rings. The molecule has 0 spiro atoms. The van der Waals surface area contributed by atoms with E-state index in [-0.39, 0.29) is 23.1 Å². The maximum Gasteiger partial charge on any atom is 0.331 e. The molecule has 0 heterocycles. The Hall–Kier alpha value is -1.58. The summed E-state index contributed by atoms with van der Waals surface area (Å²) in [4.78, 5) is 12.3. The van der Waals surface area contributed by atoms with Crippen molar-refractivity contribution in [1.82, 2.24) is 0 Å². The van der Waals surface area contributed by atoms with Crippen LogP contribution in [0.3, 0.4) is 0 Å². The molecule has 1 aliphatic carbocycles. The molecule has 0 bridgehead atoms. The van der Waals surface area contributed by atoms with Gasteiger partial charge in [-0.3, -0.25) is 0 Å². The van der Waals surface area contributed by atoms with Crippen LogP contribution in [0.5, 0.6) is 0 Å². The van der Waals surface area contributed by atoms with Gasteiger partial charge >= 0.3 is 5.97 Å². The summed E-state index contributed by atoms with van der Waals surface area (Å²) in [6, 6.07) is 6.19. The van der Waals surface area contributed by atoms with Crippen molar-refractivity contribution in [3.8, 4) is 0 Å². The molecule has 0 saturated heterocycles. The lowest BCUT2D eigenvalue weighted by atomic mass is 9.86. The van der Waals surface area contributed by atoms with Crippen LogP contribution in [0, 0.1) is 17.2 Å². The summed E-state index contributed by atoms with van der Waals surface area (Å²) >= 11 is 0. The van der Waals surface area contributed by atoms with Crippen molar-refractivity contribution in [2.24, 2.45) is 11.3 Å². The maximum atomic E-state index is 13.3. The maximum absolute atomic E-state index is 13.3. The highest BCUT2D eigenvalue weighted by Gasteiger charge is 2.54. The van der Waals surface area contributed by atoms with E-state index in [1.54, 1.807) is 12.1 Å². The first-order chi connectivity index (χ1) is 9.29. The predicted molar refractivity (Wildman–Crippen MR) is 76.9 cm³/mol. The molecular formula is C16H22FNO2. The van der Waals surface area contributed by atoms with Gasteiger partial charge in [-0.2, -0.15) is 0 Å². The van der Waals surface area contributed by atoms with Gasteiger partial charge in [-0.25, -0.2) is 9.18 Å². The van der Waals surface area contributed by atoms with Gasteiger partial charge < -0.3 is 10.1 Å². The zero-order valence-corrected chi connectivity index (χ0v) is 12.5. The van der Waals surface area contributed by atoms with Crippen molar-refractivity contribution >= 4 is 11.7 Å². The zero-order valence-electron chi connectivity index (χ0n) is 12.5. The number of rotatable bonds is 3. The Balaban J connectivity index is 2.36. The Morgan fingerprint density at radius 2 is 2.15 bits per heavy atom. The quantitative estimate of drug-likeness (QED) is 0.859. The number of methoxy groups -OCH3 is 1. The van der Waals surface area contributed by atoms with Crippen LogP contribution >= 0.6 is 0 Å². The van der Waals surface area contributed by atoms with E-state index in [9.17, 15) is 9.18 Å². The fraction of sp³-hybridized carbons (Fsp3) is 0.562. The summed E-state index contributed by atoms with van der Waals surface area (Å²) in [5.41, 5.74) is -0.125. The largest absolute Gasteiger partial charge is 0.467 e. The van der Waals surface area contributed by atoms with E-state index in [4.69, 9.17) is 4.74 Å². The molecule has 20 heavy (non-hydrogen) atoms. The Bertz CT molecular complexity index is 515. The van der Waals surface area contributed by atoms with Crippen LogP contribution in [0.15, 0.2) is 24.3 Å². The van der Waals surface area contributed by atoms with Gasteiger partial charge in [-0.1, -0.05) is 26.8 Å². The van der Waals surface area contributed by atoms with Crippen LogP contribution in [0.4, 0.5) is 10.1 Å². The van der Waals surface area contributed by atoms with Gasteiger partial charge in [0.15, 0.2) is 0 Å². The third kappa shape index (κ3) is 2.65. The summed E-state index contributed by atoms with van der Waals surface area (Å²) in [5, 5.41) is 3.24. The summed E-state index contributed by atoms with van der Waals surface area (Å²) in [7, 11) is 1.40. The van der Waals surface area contributed by atoms with E-state index < -0.39 is 5.54 Å². The zero-order chi connectivity index (χ0) is 15.0. The van der Waals surface area contributed by atoms with Crippen LogP contribution in [0.25, 0.3) is 0 Å². The van der Waals surface area contributed by atoms with E-state index in [1.165, 1.54) is 19.2 Å². The highest BCUT2D eigenvalue weighted by atomic mass is 19.1. The Kier molecular flexibility index (Phi) is 3.76. The lowest BCUT2D eigenvalue weighted by Crippen LogP contribution is -2.49. The molecule has 0 amide bonds. The third-order valence-corrected chi connectivity index (χ3v) is 4.20. The third-order valence-electron chi connectivity index (χ3n) is 4.20. The highest BCUT2D eigenvalue weighted by molar-refractivity contribution is 5.85. The minimum Gasteiger partial charge on any atom is -0.467 e. The van der Waals surface area contributed by atoms with Crippen molar-refractivity contribution in [2.45, 2.75) is 39.2 Å². The summed E-state index contributed by atoms with van der Waals surface area (Å²) in [6.07, 6.45) is 1.59. The first kappa shape index (κ1) is 14.8. The number of ether oxygens (including phenoxy) is 1. The van der Waals surface area contributed by atoms with Gasteiger partial charge in [0.1, 0.15) is 11.4 Å². The number of anilines is 1. The second-order valence-corrected chi connectivity index (χ2v) is 6.54. The fourth-order valence-electron chi connectivity index (χ4n) is 3.50. The molecule has 2 rings (SSSR count). The summed E-state index contributed by atoms with van der Waals surface area (Å²) in [5.74, 6) is -0.479. The highest BCUT2D eigenvalue weighted by Crippen LogP contribution is 2.49. The second kappa shape index (κ2) is 5.08.